The molecule has 21 heavy (non-hydrogen) atoms. The first-order valence-electron chi connectivity index (χ1n) is 8.02. The van der Waals surface area contributed by atoms with Crippen LogP contribution in [0.2, 0.25) is 0 Å². The highest BCUT2D eigenvalue weighted by atomic mass is 16.5. The predicted molar refractivity (Wildman–Crippen MR) is 88.8 cm³/mol. The van der Waals surface area contributed by atoms with Crippen molar-refractivity contribution in [1.29, 1.82) is 0 Å². The zero-order valence-corrected chi connectivity index (χ0v) is 14.1. The summed E-state index contributed by atoms with van der Waals surface area (Å²) in [6.45, 7) is 12.9. The highest BCUT2D eigenvalue weighted by Crippen LogP contribution is 2.27. The lowest BCUT2D eigenvalue weighted by atomic mass is 9.86. The summed E-state index contributed by atoms with van der Waals surface area (Å²) in [5.74, 6) is 0. The van der Waals surface area contributed by atoms with E-state index >= 15 is 0 Å². The second kappa shape index (κ2) is 6.91. The quantitative estimate of drug-likeness (QED) is 0.922. The lowest BCUT2D eigenvalue weighted by Crippen LogP contribution is -2.46. The predicted octanol–water partition coefficient (Wildman–Crippen LogP) is 2.97. The fourth-order valence-electron chi connectivity index (χ4n) is 2.92. The molecule has 1 fully saturated rings. The van der Waals surface area contributed by atoms with Crippen LogP contribution in [0, 0.1) is 0 Å². The molecule has 0 aromatic heterocycles. The molecule has 1 aromatic rings. The molecule has 118 valence electrons. The zero-order chi connectivity index (χ0) is 15.5. The molecular weight excluding hydrogens is 260 g/mol. The molecule has 3 heteroatoms. The third-order valence-corrected chi connectivity index (χ3v) is 4.41. The Hall–Kier alpha value is -0.900. The van der Waals surface area contributed by atoms with Crippen LogP contribution >= 0.6 is 0 Å². The highest BCUT2D eigenvalue weighted by molar-refractivity contribution is 5.29. The Kier molecular flexibility index (Phi) is 5.42. The van der Waals surface area contributed by atoms with E-state index < -0.39 is 0 Å². The molecule has 0 amide bonds. The van der Waals surface area contributed by atoms with Gasteiger partial charge in [-0.2, -0.15) is 0 Å². The molecule has 0 saturated carbocycles. The number of hydrogen-bond donors (Lipinski definition) is 1. The summed E-state index contributed by atoms with van der Waals surface area (Å²) in [4.78, 5) is 2.53. The van der Waals surface area contributed by atoms with Gasteiger partial charge in [0.15, 0.2) is 0 Å². The fraction of sp³-hybridized carbons (Fsp3) is 0.667. The van der Waals surface area contributed by atoms with Crippen LogP contribution in [0.3, 0.4) is 0 Å². The van der Waals surface area contributed by atoms with Gasteiger partial charge in [0.2, 0.25) is 0 Å². The van der Waals surface area contributed by atoms with Crippen molar-refractivity contribution >= 4 is 0 Å². The molecule has 0 aliphatic carbocycles. The molecule has 1 aromatic carbocycles. The SMILES string of the molecule is CNCC1CN(C(C)c2ccc(C(C)(C)C)cc2)CCO1. The summed E-state index contributed by atoms with van der Waals surface area (Å²) >= 11 is 0. The van der Waals surface area contributed by atoms with Gasteiger partial charge >= 0.3 is 0 Å². The molecule has 0 bridgehead atoms. The van der Waals surface area contributed by atoms with Gasteiger partial charge in [0.05, 0.1) is 12.7 Å². The molecule has 0 radical (unpaired) electrons. The number of hydrogen-bond acceptors (Lipinski definition) is 3. The lowest BCUT2D eigenvalue weighted by molar-refractivity contribution is -0.0393. The molecular formula is C18H30N2O. The minimum atomic E-state index is 0.221. The third-order valence-electron chi connectivity index (χ3n) is 4.41. The molecule has 1 aliphatic rings. The van der Waals surface area contributed by atoms with E-state index in [0.717, 1.165) is 26.2 Å². The number of morpholine rings is 1. The molecule has 1 saturated heterocycles. The van der Waals surface area contributed by atoms with Crippen LogP contribution in [0.4, 0.5) is 0 Å². The van der Waals surface area contributed by atoms with E-state index in [1.165, 1.54) is 11.1 Å². The Morgan fingerprint density at radius 3 is 2.52 bits per heavy atom. The Bertz CT molecular complexity index is 434. The summed E-state index contributed by atoms with van der Waals surface area (Å²) in [5, 5.41) is 3.21. The molecule has 1 heterocycles. The fourth-order valence-corrected chi connectivity index (χ4v) is 2.92. The second-order valence-electron chi connectivity index (χ2n) is 7.09. The first kappa shape index (κ1) is 16.5. The van der Waals surface area contributed by atoms with Crippen LogP contribution in [0.5, 0.6) is 0 Å². The van der Waals surface area contributed by atoms with Gasteiger partial charge in [-0.1, -0.05) is 45.0 Å². The van der Waals surface area contributed by atoms with Crippen molar-refractivity contribution in [3.8, 4) is 0 Å². The number of nitrogens with zero attached hydrogens (tertiary/aromatic N) is 1. The van der Waals surface area contributed by atoms with Gasteiger partial charge in [0.1, 0.15) is 0 Å². The summed E-state index contributed by atoms with van der Waals surface area (Å²) in [6, 6.07) is 9.57. The number of nitrogens with one attached hydrogen (secondary N) is 1. The Balaban J connectivity index is 2.03. The summed E-state index contributed by atoms with van der Waals surface area (Å²) in [5.41, 5.74) is 3.01. The van der Waals surface area contributed by atoms with Crippen LogP contribution < -0.4 is 5.32 Å². The van der Waals surface area contributed by atoms with Crippen molar-refractivity contribution < 1.29 is 4.74 Å². The molecule has 1 aliphatic heterocycles. The van der Waals surface area contributed by atoms with E-state index in [1.54, 1.807) is 0 Å². The maximum atomic E-state index is 5.79. The van der Waals surface area contributed by atoms with E-state index in [4.69, 9.17) is 4.74 Å². The Morgan fingerprint density at radius 2 is 1.95 bits per heavy atom. The lowest BCUT2D eigenvalue weighted by Gasteiger charge is -2.37. The third kappa shape index (κ3) is 4.29. The summed E-state index contributed by atoms with van der Waals surface area (Å²) in [7, 11) is 1.98. The maximum Gasteiger partial charge on any atom is 0.0826 e. The maximum absolute atomic E-state index is 5.79. The van der Waals surface area contributed by atoms with Crippen LogP contribution in [0.25, 0.3) is 0 Å². The van der Waals surface area contributed by atoms with Crippen molar-refractivity contribution in [3.63, 3.8) is 0 Å². The summed E-state index contributed by atoms with van der Waals surface area (Å²) in [6.07, 6.45) is 0.306. The van der Waals surface area contributed by atoms with Crippen molar-refractivity contribution in [3.05, 3.63) is 35.4 Å². The van der Waals surface area contributed by atoms with Gasteiger partial charge in [-0.15, -0.1) is 0 Å². The number of likely N-dealkylation sites (N-methyl/N-ethyl adjacent to an activating group) is 1. The normalized spacial score (nSPS) is 22.2. The zero-order valence-electron chi connectivity index (χ0n) is 14.1. The van der Waals surface area contributed by atoms with Crippen LogP contribution in [-0.4, -0.2) is 44.3 Å². The molecule has 0 spiro atoms. The van der Waals surface area contributed by atoms with E-state index in [2.05, 4.69) is 62.2 Å². The van der Waals surface area contributed by atoms with Gasteiger partial charge in [0.25, 0.3) is 0 Å². The molecule has 2 unspecified atom stereocenters. The van der Waals surface area contributed by atoms with Crippen LogP contribution in [0.1, 0.15) is 44.9 Å². The first-order chi connectivity index (χ1) is 9.91. The van der Waals surface area contributed by atoms with Gasteiger partial charge in [-0.05, 0) is 30.5 Å². The van der Waals surface area contributed by atoms with Crippen molar-refractivity contribution in [1.82, 2.24) is 10.2 Å². The van der Waals surface area contributed by atoms with Gasteiger partial charge < -0.3 is 10.1 Å². The average Bonchev–Trinajstić information content (AvgIpc) is 2.46. The molecule has 2 atom stereocenters. The molecule has 3 nitrogen and oxygen atoms in total. The Morgan fingerprint density at radius 1 is 1.29 bits per heavy atom. The first-order valence-corrected chi connectivity index (χ1v) is 8.02. The standard InChI is InChI=1S/C18H30N2O/c1-14(20-10-11-21-17(13-20)12-19-5)15-6-8-16(9-7-15)18(2,3)4/h6-9,14,17,19H,10-13H2,1-5H3. The van der Waals surface area contributed by atoms with Gasteiger partial charge in [-0.25, -0.2) is 0 Å². The molecule has 1 N–H and O–H groups in total. The van der Waals surface area contributed by atoms with E-state index in [0.29, 0.717) is 12.1 Å². The topological polar surface area (TPSA) is 24.5 Å². The van der Waals surface area contributed by atoms with E-state index in [-0.39, 0.29) is 5.41 Å². The Labute approximate surface area is 129 Å². The number of ether oxygens (including phenoxy) is 1. The minimum Gasteiger partial charge on any atom is -0.374 e. The summed E-state index contributed by atoms with van der Waals surface area (Å²) < 4.78 is 5.79. The minimum absolute atomic E-state index is 0.221. The van der Waals surface area contributed by atoms with Gasteiger partial charge in [0, 0.05) is 25.7 Å². The molecule has 2 rings (SSSR count). The van der Waals surface area contributed by atoms with Crippen molar-refractivity contribution in [2.24, 2.45) is 0 Å². The van der Waals surface area contributed by atoms with Crippen LogP contribution in [-0.2, 0) is 10.2 Å². The van der Waals surface area contributed by atoms with Crippen LogP contribution in [0.15, 0.2) is 24.3 Å². The number of rotatable bonds is 4. The highest BCUT2D eigenvalue weighted by Gasteiger charge is 2.24. The van der Waals surface area contributed by atoms with Crippen molar-refractivity contribution in [2.75, 3.05) is 33.3 Å². The van der Waals surface area contributed by atoms with E-state index in [1.807, 2.05) is 7.05 Å². The largest absolute Gasteiger partial charge is 0.374 e. The van der Waals surface area contributed by atoms with Gasteiger partial charge in [-0.3, -0.25) is 4.90 Å². The smallest absolute Gasteiger partial charge is 0.0826 e. The van der Waals surface area contributed by atoms with Crippen molar-refractivity contribution in [2.45, 2.75) is 45.3 Å². The second-order valence-corrected chi connectivity index (χ2v) is 7.09. The average molecular weight is 290 g/mol. The number of benzene rings is 1. The van der Waals surface area contributed by atoms with E-state index in [9.17, 15) is 0 Å². The monoisotopic (exact) mass is 290 g/mol.